The lowest BCUT2D eigenvalue weighted by Crippen LogP contribution is -2.54. The predicted octanol–water partition coefficient (Wildman–Crippen LogP) is 4.03. The molecule has 0 N–H and O–H groups in total. The van der Waals surface area contributed by atoms with Crippen molar-refractivity contribution in [3.8, 4) is 11.5 Å². The number of alkyl halides is 1. The molecule has 2 nitrogen and oxygen atoms in total. The first-order valence-corrected chi connectivity index (χ1v) is 6.96. The third-order valence-electron chi connectivity index (χ3n) is 3.95. The van der Waals surface area contributed by atoms with Gasteiger partial charge in [-0.25, -0.2) is 0 Å². The Balaban J connectivity index is 2.06. The van der Waals surface area contributed by atoms with E-state index in [9.17, 15) is 0 Å². The molecule has 3 atom stereocenters. The maximum absolute atomic E-state index is 6.06. The molecular weight excluding hydrogens is 280 g/mol. The van der Waals surface area contributed by atoms with Crippen LogP contribution in [0.1, 0.15) is 26.7 Å². The van der Waals surface area contributed by atoms with Crippen LogP contribution in [0.4, 0.5) is 0 Å². The molecule has 1 aromatic rings. The van der Waals surface area contributed by atoms with E-state index in [4.69, 9.17) is 9.47 Å². The van der Waals surface area contributed by atoms with Gasteiger partial charge in [-0.1, -0.05) is 35.8 Å². The van der Waals surface area contributed by atoms with Crippen molar-refractivity contribution in [1.29, 1.82) is 0 Å². The summed E-state index contributed by atoms with van der Waals surface area (Å²) in [6.45, 7) is 4.50. The first-order valence-electron chi connectivity index (χ1n) is 6.05. The number of methoxy groups -OCH3 is 1. The minimum Gasteiger partial charge on any atom is -0.497 e. The van der Waals surface area contributed by atoms with E-state index in [1.165, 1.54) is 0 Å². The van der Waals surface area contributed by atoms with Gasteiger partial charge in [-0.2, -0.15) is 0 Å². The summed E-state index contributed by atoms with van der Waals surface area (Å²) >= 11 is 3.72. The van der Waals surface area contributed by atoms with Crippen LogP contribution in [0.3, 0.4) is 0 Å². The summed E-state index contributed by atoms with van der Waals surface area (Å²) in [5, 5.41) is 0. The number of halogens is 1. The summed E-state index contributed by atoms with van der Waals surface area (Å²) in [5.41, 5.74) is 0.239. The fraction of sp³-hybridized carbons (Fsp3) is 0.571. The SMILES string of the molecule is CCC1(C)C(Br)CC1Oc1cccc(OC)c1. The quantitative estimate of drug-likeness (QED) is 0.782. The molecule has 1 fully saturated rings. The van der Waals surface area contributed by atoms with Gasteiger partial charge in [0, 0.05) is 16.3 Å². The fourth-order valence-electron chi connectivity index (χ4n) is 2.24. The van der Waals surface area contributed by atoms with E-state index in [0.29, 0.717) is 10.9 Å². The van der Waals surface area contributed by atoms with Crippen molar-refractivity contribution in [1.82, 2.24) is 0 Å². The molecule has 2 rings (SSSR count). The highest BCUT2D eigenvalue weighted by Gasteiger charge is 2.50. The zero-order valence-electron chi connectivity index (χ0n) is 10.6. The number of ether oxygens (including phenoxy) is 2. The standard InChI is InChI=1S/C14H19BrO2/c1-4-14(2)12(15)9-13(14)17-11-7-5-6-10(8-11)16-3/h5-8,12-13H,4,9H2,1-3H3. The molecule has 1 aliphatic carbocycles. The van der Waals surface area contributed by atoms with Crippen LogP contribution in [0.15, 0.2) is 24.3 Å². The zero-order valence-corrected chi connectivity index (χ0v) is 12.2. The minimum absolute atomic E-state index is 0.239. The van der Waals surface area contributed by atoms with Gasteiger partial charge in [0.2, 0.25) is 0 Å². The third kappa shape index (κ3) is 2.30. The van der Waals surface area contributed by atoms with Crippen molar-refractivity contribution in [3.63, 3.8) is 0 Å². The Kier molecular flexibility index (Phi) is 3.67. The largest absolute Gasteiger partial charge is 0.497 e. The van der Waals surface area contributed by atoms with Gasteiger partial charge in [-0.15, -0.1) is 0 Å². The Morgan fingerprint density at radius 1 is 1.41 bits per heavy atom. The average molecular weight is 299 g/mol. The van der Waals surface area contributed by atoms with Crippen molar-refractivity contribution >= 4 is 15.9 Å². The average Bonchev–Trinajstić information content (AvgIpc) is 2.37. The zero-order chi connectivity index (χ0) is 12.5. The van der Waals surface area contributed by atoms with Crippen LogP contribution < -0.4 is 9.47 Å². The molecule has 3 heteroatoms. The van der Waals surface area contributed by atoms with Crippen molar-refractivity contribution in [2.75, 3.05) is 7.11 Å². The molecule has 0 aromatic heterocycles. The molecule has 0 amide bonds. The topological polar surface area (TPSA) is 18.5 Å². The number of benzene rings is 1. The molecule has 94 valence electrons. The molecule has 1 saturated carbocycles. The van der Waals surface area contributed by atoms with Crippen LogP contribution in [0.2, 0.25) is 0 Å². The monoisotopic (exact) mass is 298 g/mol. The van der Waals surface area contributed by atoms with Crippen molar-refractivity contribution < 1.29 is 9.47 Å². The Hall–Kier alpha value is -0.700. The fourth-order valence-corrected chi connectivity index (χ4v) is 3.20. The van der Waals surface area contributed by atoms with Crippen molar-refractivity contribution in [2.24, 2.45) is 5.41 Å². The highest BCUT2D eigenvalue weighted by Crippen LogP contribution is 2.50. The molecule has 1 aliphatic rings. The molecule has 17 heavy (non-hydrogen) atoms. The lowest BCUT2D eigenvalue weighted by molar-refractivity contribution is -0.0244. The molecule has 0 saturated heterocycles. The van der Waals surface area contributed by atoms with E-state index < -0.39 is 0 Å². The van der Waals surface area contributed by atoms with Crippen molar-refractivity contribution in [3.05, 3.63) is 24.3 Å². The first kappa shape index (κ1) is 12.7. The van der Waals surface area contributed by atoms with Gasteiger partial charge in [0.1, 0.15) is 17.6 Å². The predicted molar refractivity (Wildman–Crippen MR) is 73.1 cm³/mol. The maximum Gasteiger partial charge on any atom is 0.123 e. The minimum atomic E-state index is 0.239. The Labute approximate surface area is 111 Å². The Morgan fingerprint density at radius 3 is 2.71 bits per heavy atom. The second-order valence-electron chi connectivity index (χ2n) is 4.85. The summed E-state index contributed by atoms with van der Waals surface area (Å²) in [5.74, 6) is 1.74. The molecule has 0 bridgehead atoms. The summed E-state index contributed by atoms with van der Waals surface area (Å²) in [6, 6.07) is 7.82. The van der Waals surface area contributed by atoms with Gasteiger partial charge < -0.3 is 9.47 Å². The van der Waals surface area contributed by atoms with Crippen LogP contribution in [0.25, 0.3) is 0 Å². The van der Waals surface area contributed by atoms with E-state index in [2.05, 4.69) is 29.8 Å². The summed E-state index contributed by atoms with van der Waals surface area (Å²) in [6.07, 6.45) is 2.49. The van der Waals surface area contributed by atoms with Crippen molar-refractivity contribution in [2.45, 2.75) is 37.6 Å². The first-order chi connectivity index (χ1) is 8.10. The Morgan fingerprint density at radius 2 is 2.12 bits per heavy atom. The van der Waals surface area contributed by atoms with Crippen LogP contribution in [-0.2, 0) is 0 Å². The van der Waals surface area contributed by atoms with Gasteiger partial charge in [-0.3, -0.25) is 0 Å². The summed E-state index contributed by atoms with van der Waals surface area (Å²) in [4.78, 5) is 0.565. The third-order valence-corrected chi connectivity index (χ3v) is 5.37. The van der Waals surface area contributed by atoms with Gasteiger partial charge >= 0.3 is 0 Å². The van der Waals surface area contributed by atoms with Crippen LogP contribution >= 0.6 is 15.9 Å². The molecule has 0 aliphatic heterocycles. The highest BCUT2D eigenvalue weighted by atomic mass is 79.9. The van der Waals surface area contributed by atoms with E-state index in [0.717, 1.165) is 24.3 Å². The summed E-state index contributed by atoms with van der Waals surface area (Å²) in [7, 11) is 1.67. The van der Waals surface area contributed by atoms with Crippen LogP contribution in [-0.4, -0.2) is 18.0 Å². The van der Waals surface area contributed by atoms with Crippen LogP contribution in [0.5, 0.6) is 11.5 Å². The second kappa shape index (κ2) is 4.89. The molecule has 0 heterocycles. The molecule has 0 spiro atoms. The number of hydrogen-bond acceptors (Lipinski definition) is 2. The lowest BCUT2D eigenvalue weighted by Gasteiger charge is -2.50. The van der Waals surface area contributed by atoms with Gasteiger partial charge in [0.05, 0.1) is 7.11 Å². The molecule has 1 aromatic carbocycles. The van der Waals surface area contributed by atoms with E-state index in [1.807, 2.05) is 24.3 Å². The van der Waals surface area contributed by atoms with Gasteiger partial charge in [0.25, 0.3) is 0 Å². The smallest absolute Gasteiger partial charge is 0.123 e. The molecular formula is C14H19BrO2. The lowest BCUT2D eigenvalue weighted by atomic mass is 9.65. The van der Waals surface area contributed by atoms with Gasteiger partial charge in [-0.05, 0) is 25.0 Å². The van der Waals surface area contributed by atoms with E-state index >= 15 is 0 Å². The Bertz CT molecular complexity index is 394. The maximum atomic E-state index is 6.06. The summed E-state index contributed by atoms with van der Waals surface area (Å²) < 4.78 is 11.3. The molecule has 0 radical (unpaired) electrons. The molecule has 3 unspecified atom stereocenters. The second-order valence-corrected chi connectivity index (χ2v) is 5.95. The van der Waals surface area contributed by atoms with E-state index in [-0.39, 0.29) is 5.41 Å². The van der Waals surface area contributed by atoms with Gasteiger partial charge in [0.15, 0.2) is 0 Å². The number of rotatable bonds is 4. The van der Waals surface area contributed by atoms with E-state index in [1.54, 1.807) is 7.11 Å². The number of hydrogen-bond donors (Lipinski definition) is 0. The normalized spacial score (nSPS) is 31.8. The van der Waals surface area contributed by atoms with Crippen LogP contribution in [0, 0.1) is 5.41 Å². The highest BCUT2D eigenvalue weighted by molar-refractivity contribution is 9.09.